The molecule has 136 valence electrons. The van der Waals surface area contributed by atoms with Crippen LogP contribution in [0.25, 0.3) is 0 Å². The molecule has 0 unspecified atom stereocenters. The Morgan fingerprint density at radius 2 is 1.36 bits per heavy atom. The molecule has 2 nitrogen and oxygen atoms in total. The van der Waals surface area contributed by atoms with Gasteiger partial charge in [-0.2, -0.15) is 0 Å². The lowest BCUT2D eigenvalue weighted by molar-refractivity contribution is 0.263. The van der Waals surface area contributed by atoms with Crippen LogP contribution in [-0.4, -0.2) is 21.6 Å². The molecule has 0 aromatic heterocycles. The van der Waals surface area contributed by atoms with Crippen molar-refractivity contribution < 1.29 is 4.43 Å². The zero-order chi connectivity index (χ0) is 18.3. The molecule has 0 aliphatic heterocycles. The zero-order valence-electron chi connectivity index (χ0n) is 16.4. The SMILES string of the molecule is CC(C)CCNCO[Si](c1ccccc1)(c1ccccc1)C(C)(C)C. The van der Waals surface area contributed by atoms with Gasteiger partial charge in [0.1, 0.15) is 0 Å². The van der Waals surface area contributed by atoms with E-state index in [-0.39, 0.29) is 5.04 Å². The smallest absolute Gasteiger partial charge is 0.262 e. The number of nitrogens with one attached hydrogen (secondary N) is 1. The van der Waals surface area contributed by atoms with E-state index in [1.807, 2.05) is 0 Å². The highest BCUT2D eigenvalue weighted by Crippen LogP contribution is 2.36. The maximum absolute atomic E-state index is 6.78. The van der Waals surface area contributed by atoms with Crippen LogP contribution < -0.4 is 15.7 Å². The molecular formula is C22H33NOSi. The first-order valence-corrected chi connectivity index (χ1v) is 11.2. The van der Waals surface area contributed by atoms with E-state index in [4.69, 9.17) is 4.43 Å². The third-order valence-corrected chi connectivity index (χ3v) is 9.69. The van der Waals surface area contributed by atoms with Crippen molar-refractivity contribution in [3.05, 3.63) is 60.7 Å². The minimum Gasteiger partial charge on any atom is -0.395 e. The van der Waals surface area contributed by atoms with Gasteiger partial charge >= 0.3 is 0 Å². The zero-order valence-corrected chi connectivity index (χ0v) is 17.4. The van der Waals surface area contributed by atoms with Crippen LogP contribution in [0.15, 0.2) is 60.7 Å². The van der Waals surface area contributed by atoms with E-state index in [0.29, 0.717) is 12.6 Å². The molecule has 0 saturated carbocycles. The summed E-state index contributed by atoms with van der Waals surface area (Å²) in [6.07, 6.45) is 1.17. The topological polar surface area (TPSA) is 21.3 Å². The number of benzene rings is 2. The van der Waals surface area contributed by atoms with Crippen LogP contribution >= 0.6 is 0 Å². The molecule has 0 saturated heterocycles. The van der Waals surface area contributed by atoms with Crippen molar-refractivity contribution in [3.63, 3.8) is 0 Å². The lowest BCUT2D eigenvalue weighted by Crippen LogP contribution is -2.67. The quantitative estimate of drug-likeness (QED) is 0.436. The summed E-state index contributed by atoms with van der Waals surface area (Å²) >= 11 is 0. The van der Waals surface area contributed by atoms with Crippen molar-refractivity contribution in [3.8, 4) is 0 Å². The number of rotatable bonds is 8. The van der Waals surface area contributed by atoms with Gasteiger partial charge in [0.2, 0.25) is 0 Å². The lowest BCUT2D eigenvalue weighted by atomic mass is 10.1. The summed E-state index contributed by atoms with van der Waals surface area (Å²) < 4.78 is 6.78. The highest BCUT2D eigenvalue weighted by molar-refractivity contribution is 6.99. The molecular weight excluding hydrogens is 322 g/mol. The summed E-state index contributed by atoms with van der Waals surface area (Å²) in [6, 6.07) is 21.6. The van der Waals surface area contributed by atoms with Gasteiger partial charge in [-0.3, -0.25) is 5.32 Å². The van der Waals surface area contributed by atoms with E-state index in [0.717, 1.165) is 6.54 Å². The standard InChI is InChI=1S/C22H33NOSi/c1-19(2)16-17-23-18-24-25(22(3,4)5,20-12-8-6-9-13-20)21-14-10-7-11-15-21/h6-15,19,23H,16-18H2,1-5H3. The normalized spacial score (nSPS) is 12.6. The van der Waals surface area contributed by atoms with Gasteiger partial charge in [-0.05, 0) is 34.3 Å². The van der Waals surface area contributed by atoms with E-state index in [2.05, 4.69) is 101 Å². The van der Waals surface area contributed by atoms with Crippen molar-refractivity contribution in [2.24, 2.45) is 5.92 Å². The van der Waals surface area contributed by atoms with Crippen LogP contribution in [0.3, 0.4) is 0 Å². The van der Waals surface area contributed by atoms with Crippen molar-refractivity contribution in [2.75, 3.05) is 13.3 Å². The molecule has 0 bridgehead atoms. The first-order chi connectivity index (χ1) is 11.9. The fourth-order valence-electron chi connectivity index (χ4n) is 3.38. The van der Waals surface area contributed by atoms with E-state index in [1.165, 1.54) is 16.8 Å². The van der Waals surface area contributed by atoms with Crippen LogP contribution in [0.4, 0.5) is 0 Å². The summed E-state index contributed by atoms with van der Waals surface area (Å²) in [5.41, 5.74) is 0. The van der Waals surface area contributed by atoms with Gasteiger partial charge in [0.25, 0.3) is 8.32 Å². The monoisotopic (exact) mass is 355 g/mol. The molecule has 3 heteroatoms. The molecule has 0 fully saturated rings. The molecule has 0 atom stereocenters. The Labute approximate surface area is 154 Å². The molecule has 2 aromatic carbocycles. The Morgan fingerprint density at radius 1 is 0.880 bits per heavy atom. The molecule has 2 aromatic rings. The highest BCUT2D eigenvalue weighted by Gasteiger charge is 2.50. The van der Waals surface area contributed by atoms with Gasteiger partial charge in [0, 0.05) is 0 Å². The second-order valence-corrected chi connectivity index (χ2v) is 12.4. The van der Waals surface area contributed by atoms with Crippen LogP contribution in [0.1, 0.15) is 41.0 Å². The van der Waals surface area contributed by atoms with Crippen molar-refractivity contribution in [1.82, 2.24) is 5.32 Å². The van der Waals surface area contributed by atoms with Crippen LogP contribution in [-0.2, 0) is 4.43 Å². The van der Waals surface area contributed by atoms with Gasteiger partial charge in [0.05, 0.1) is 6.73 Å². The molecule has 1 N–H and O–H groups in total. The second-order valence-electron chi connectivity index (χ2n) is 8.13. The van der Waals surface area contributed by atoms with Crippen molar-refractivity contribution >= 4 is 18.7 Å². The van der Waals surface area contributed by atoms with Gasteiger partial charge < -0.3 is 4.43 Å². The Morgan fingerprint density at radius 3 is 1.76 bits per heavy atom. The minimum absolute atomic E-state index is 0.0371. The summed E-state index contributed by atoms with van der Waals surface area (Å²) in [5, 5.41) is 6.20. The fourth-order valence-corrected chi connectivity index (χ4v) is 7.86. The Balaban J connectivity index is 2.36. The van der Waals surface area contributed by atoms with Crippen molar-refractivity contribution in [2.45, 2.75) is 46.1 Å². The van der Waals surface area contributed by atoms with Crippen molar-refractivity contribution in [1.29, 1.82) is 0 Å². The van der Waals surface area contributed by atoms with Gasteiger partial charge in [-0.1, -0.05) is 95.3 Å². The molecule has 0 radical (unpaired) electrons. The fraction of sp³-hybridized carbons (Fsp3) is 0.455. The molecule has 0 amide bonds. The first-order valence-electron chi connectivity index (χ1n) is 9.33. The van der Waals surface area contributed by atoms with Crippen LogP contribution in [0.5, 0.6) is 0 Å². The van der Waals surface area contributed by atoms with Crippen LogP contribution in [0.2, 0.25) is 5.04 Å². The highest BCUT2D eigenvalue weighted by atomic mass is 28.4. The van der Waals surface area contributed by atoms with E-state index in [1.54, 1.807) is 0 Å². The van der Waals surface area contributed by atoms with E-state index in [9.17, 15) is 0 Å². The van der Waals surface area contributed by atoms with Gasteiger partial charge in [0.15, 0.2) is 0 Å². The predicted molar refractivity (Wildman–Crippen MR) is 111 cm³/mol. The molecule has 0 aliphatic rings. The summed E-state index contributed by atoms with van der Waals surface area (Å²) in [4.78, 5) is 0. The van der Waals surface area contributed by atoms with E-state index < -0.39 is 8.32 Å². The van der Waals surface area contributed by atoms with Gasteiger partial charge in [-0.15, -0.1) is 0 Å². The molecule has 0 aliphatic carbocycles. The Bertz CT molecular complexity index is 580. The molecule has 25 heavy (non-hydrogen) atoms. The molecule has 0 heterocycles. The summed E-state index contributed by atoms with van der Waals surface area (Å²) in [5.74, 6) is 0.709. The van der Waals surface area contributed by atoms with Gasteiger partial charge in [-0.25, -0.2) is 0 Å². The largest absolute Gasteiger partial charge is 0.395 e. The van der Waals surface area contributed by atoms with E-state index >= 15 is 0 Å². The third-order valence-electron chi connectivity index (χ3n) is 4.71. The lowest BCUT2D eigenvalue weighted by Gasteiger charge is -2.43. The average molecular weight is 356 g/mol. The second kappa shape index (κ2) is 8.79. The molecule has 0 spiro atoms. The first kappa shape index (κ1) is 19.9. The molecule has 2 rings (SSSR count). The third kappa shape index (κ3) is 4.81. The maximum Gasteiger partial charge on any atom is 0.262 e. The number of hydrogen-bond donors (Lipinski definition) is 1. The Kier molecular flexibility index (Phi) is 7.00. The minimum atomic E-state index is -2.39. The predicted octanol–water partition coefficient (Wildman–Crippen LogP) is 4.16. The van der Waals surface area contributed by atoms with Crippen LogP contribution in [0, 0.1) is 5.92 Å². The average Bonchev–Trinajstić information content (AvgIpc) is 2.58. The maximum atomic E-state index is 6.78. The Hall–Kier alpha value is -1.42. The number of hydrogen-bond acceptors (Lipinski definition) is 2. The summed E-state index contributed by atoms with van der Waals surface area (Å²) in [7, 11) is -2.39. The summed E-state index contributed by atoms with van der Waals surface area (Å²) in [6.45, 7) is 13.0.